The molecule has 0 spiro atoms. The Labute approximate surface area is 145 Å². The van der Waals surface area contributed by atoms with Crippen molar-refractivity contribution < 1.29 is 18.3 Å². The smallest absolute Gasteiger partial charge is 0.337 e. The zero-order valence-corrected chi connectivity index (χ0v) is 14.0. The van der Waals surface area contributed by atoms with Gasteiger partial charge < -0.3 is 5.11 Å². The Balaban J connectivity index is 1.86. The minimum absolute atomic E-state index is 0.0539. The van der Waals surface area contributed by atoms with Gasteiger partial charge in [-0.3, -0.25) is 4.72 Å². The lowest BCUT2D eigenvalue weighted by atomic mass is 10.1. The van der Waals surface area contributed by atoms with E-state index in [2.05, 4.69) is 4.72 Å². The van der Waals surface area contributed by atoms with E-state index in [-0.39, 0.29) is 16.1 Å². The van der Waals surface area contributed by atoms with Crippen molar-refractivity contribution >= 4 is 32.5 Å². The van der Waals surface area contributed by atoms with Gasteiger partial charge in [-0.1, -0.05) is 36.4 Å². The number of aromatic carboxylic acids is 1. The Morgan fingerprint density at radius 3 is 2.40 bits per heavy atom. The minimum Gasteiger partial charge on any atom is -0.478 e. The second kappa shape index (κ2) is 5.60. The molecule has 3 aromatic rings. The van der Waals surface area contributed by atoms with Crippen LogP contribution in [0.25, 0.3) is 10.8 Å². The molecule has 0 saturated carbocycles. The minimum atomic E-state index is -3.92. The van der Waals surface area contributed by atoms with Gasteiger partial charge in [-0.15, -0.1) is 0 Å². The van der Waals surface area contributed by atoms with E-state index in [9.17, 15) is 18.3 Å². The van der Waals surface area contributed by atoms with Crippen molar-refractivity contribution in [2.24, 2.45) is 0 Å². The van der Waals surface area contributed by atoms with E-state index in [0.717, 1.165) is 29.4 Å². The number of para-hydroxylation sites is 1. The van der Waals surface area contributed by atoms with Crippen LogP contribution < -0.4 is 4.72 Å². The van der Waals surface area contributed by atoms with Crippen LogP contribution in [0.3, 0.4) is 0 Å². The van der Waals surface area contributed by atoms with E-state index < -0.39 is 16.0 Å². The fourth-order valence-electron chi connectivity index (χ4n) is 3.41. The number of carboxylic acid groups (broad SMARTS) is 1. The quantitative estimate of drug-likeness (QED) is 0.753. The molecule has 0 unspecified atom stereocenters. The molecule has 25 heavy (non-hydrogen) atoms. The summed E-state index contributed by atoms with van der Waals surface area (Å²) >= 11 is 0. The fourth-order valence-corrected chi connectivity index (χ4v) is 4.70. The summed E-state index contributed by atoms with van der Waals surface area (Å²) < 4.78 is 28.3. The van der Waals surface area contributed by atoms with Crippen LogP contribution in [-0.2, 0) is 22.9 Å². The van der Waals surface area contributed by atoms with E-state index in [0.29, 0.717) is 5.39 Å². The third-order valence-electron chi connectivity index (χ3n) is 4.53. The second-order valence-electron chi connectivity index (χ2n) is 6.02. The fraction of sp³-hybridized carbons (Fsp3) is 0.105. The van der Waals surface area contributed by atoms with Gasteiger partial charge in [0.25, 0.3) is 10.0 Å². The molecule has 0 aromatic heterocycles. The molecule has 0 saturated heterocycles. The number of carbonyl (C=O) groups is 1. The van der Waals surface area contributed by atoms with Crippen LogP contribution in [0, 0.1) is 0 Å². The lowest BCUT2D eigenvalue weighted by molar-refractivity contribution is 0.0698. The molecule has 0 aliphatic heterocycles. The summed E-state index contributed by atoms with van der Waals surface area (Å²) in [5, 5.41) is 10.9. The standard InChI is InChI=1S/C19H15NO4S/c21-19(22)14-5-1-2-7-16(14)20-25(23,24)17-11-10-13-9-8-12-4-3-6-15(17)18(12)13/h1-7,10-11,20H,8-9H2,(H,21,22). The van der Waals surface area contributed by atoms with Crippen molar-refractivity contribution in [1.29, 1.82) is 0 Å². The summed E-state index contributed by atoms with van der Waals surface area (Å²) in [7, 11) is -3.92. The molecule has 1 aliphatic rings. The van der Waals surface area contributed by atoms with Crippen molar-refractivity contribution in [3.8, 4) is 0 Å². The van der Waals surface area contributed by atoms with Gasteiger partial charge in [-0.2, -0.15) is 0 Å². The van der Waals surface area contributed by atoms with Crippen molar-refractivity contribution in [1.82, 2.24) is 0 Å². The first kappa shape index (κ1) is 15.7. The molecule has 1 aliphatic carbocycles. The van der Waals surface area contributed by atoms with Crippen molar-refractivity contribution in [3.05, 3.63) is 71.3 Å². The van der Waals surface area contributed by atoms with Crippen LogP contribution in [0.4, 0.5) is 5.69 Å². The van der Waals surface area contributed by atoms with Crippen molar-refractivity contribution in [2.75, 3.05) is 4.72 Å². The van der Waals surface area contributed by atoms with Gasteiger partial charge in [0.2, 0.25) is 0 Å². The highest BCUT2D eigenvalue weighted by Crippen LogP contribution is 2.35. The number of carboxylic acids is 1. The van der Waals surface area contributed by atoms with Gasteiger partial charge in [0.1, 0.15) is 0 Å². The van der Waals surface area contributed by atoms with Gasteiger partial charge in [-0.05, 0) is 47.6 Å². The number of anilines is 1. The van der Waals surface area contributed by atoms with Gasteiger partial charge in [0.15, 0.2) is 0 Å². The summed E-state index contributed by atoms with van der Waals surface area (Å²) in [4.78, 5) is 11.5. The van der Waals surface area contributed by atoms with Gasteiger partial charge >= 0.3 is 5.97 Å². The van der Waals surface area contributed by atoms with Crippen molar-refractivity contribution in [2.45, 2.75) is 17.7 Å². The predicted molar refractivity (Wildman–Crippen MR) is 95.6 cm³/mol. The number of rotatable bonds is 4. The second-order valence-corrected chi connectivity index (χ2v) is 7.67. The molecule has 4 rings (SSSR count). The number of hydrogen-bond acceptors (Lipinski definition) is 3. The summed E-state index contributed by atoms with van der Waals surface area (Å²) in [6.45, 7) is 0. The van der Waals surface area contributed by atoms with E-state index in [1.165, 1.54) is 12.1 Å². The van der Waals surface area contributed by atoms with Gasteiger partial charge in [-0.25, -0.2) is 13.2 Å². The first-order valence-electron chi connectivity index (χ1n) is 7.86. The number of aryl methyl sites for hydroxylation is 2. The topological polar surface area (TPSA) is 83.5 Å². The first-order chi connectivity index (χ1) is 12.0. The molecule has 0 atom stereocenters. The average molecular weight is 353 g/mol. The molecule has 0 heterocycles. The van der Waals surface area contributed by atoms with Gasteiger partial charge in [0.05, 0.1) is 16.1 Å². The first-order valence-corrected chi connectivity index (χ1v) is 9.34. The Morgan fingerprint density at radius 1 is 0.920 bits per heavy atom. The number of nitrogens with one attached hydrogen (secondary N) is 1. The molecule has 5 nitrogen and oxygen atoms in total. The average Bonchev–Trinajstić information content (AvgIpc) is 3.00. The highest BCUT2D eigenvalue weighted by molar-refractivity contribution is 7.93. The van der Waals surface area contributed by atoms with E-state index >= 15 is 0 Å². The highest BCUT2D eigenvalue weighted by Gasteiger charge is 2.23. The summed E-state index contributed by atoms with van der Waals surface area (Å²) in [5.41, 5.74) is 2.27. The molecule has 6 heteroatoms. The molecule has 2 N–H and O–H groups in total. The summed E-state index contributed by atoms with van der Waals surface area (Å²) in [5.74, 6) is -1.18. The van der Waals surface area contributed by atoms with Crippen LogP contribution in [0.2, 0.25) is 0 Å². The predicted octanol–water partition coefficient (Wildman–Crippen LogP) is 3.44. The van der Waals surface area contributed by atoms with Gasteiger partial charge in [0, 0.05) is 5.39 Å². The number of hydrogen-bond donors (Lipinski definition) is 2. The summed E-state index contributed by atoms with van der Waals surface area (Å²) in [6, 6.07) is 15.1. The van der Waals surface area contributed by atoms with Crippen LogP contribution in [0.5, 0.6) is 0 Å². The Hall–Kier alpha value is -2.86. The normalized spacial score (nSPS) is 13.1. The number of sulfonamides is 1. The molecule has 0 fully saturated rings. The van der Waals surface area contributed by atoms with Crippen LogP contribution in [0.15, 0.2) is 59.5 Å². The maximum absolute atomic E-state index is 12.9. The lowest BCUT2D eigenvalue weighted by Gasteiger charge is -2.13. The molecule has 0 amide bonds. The summed E-state index contributed by atoms with van der Waals surface area (Å²) in [6.07, 6.45) is 1.82. The maximum Gasteiger partial charge on any atom is 0.337 e. The Morgan fingerprint density at radius 2 is 1.64 bits per heavy atom. The van der Waals surface area contributed by atoms with Crippen LogP contribution in [-0.4, -0.2) is 19.5 Å². The van der Waals surface area contributed by atoms with Crippen LogP contribution in [0.1, 0.15) is 21.5 Å². The van der Waals surface area contributed by atoms with E-state index in [1.807, 2.05) is 18.2 Å². The SMILES string of the molecule is O=C(O)c1ccccc1NS(=O)(=O)c1ccc2c3c(cccc13)CC2. The lowest BCUT2D eigenvalue weighted by Crippen LogP contribution is -2.16. The monoisotopic (exact) mass is 353 g/mol. The molecule has 126 valence electrons. The molecule has 3 aromatic carbocycles. The highest BCUT2D eigenvalue weighted by atomic mass is 32.2. The maximum atomic E-state index is 12.9. The molecular formula is C19H15NO4S. The zero-order chi connectivity index (χ0) is 17.6. The van der Waals surface area contributed by atoms with Crippen molar-refractivity contribution in [3.63, 3.8) is 0 Å². The van der Waals surface area contributed by atoms with E-state index in [4.69, 9.17) is 0 Å². The third kappa shape index (κ3) is 2.55. The molecule has 0 bridgehead atoms. The molecular weight excluding hydrogens is 338 g/mol. The Kier molecular flexibility index (Phi) is 3.51. The zero-order valence-electron chi connectivity index (χ0n) is 13.2. The van der Waals surface area contributed by atoms with Crippen LogP contribution >= 0.6 is 0 Å². The largest absolute Gasteiger partial charge is 0.478 e. The molecule has 0 radical (unpaired) electrons. The Bertz CT molecular complexity index is 1110. The number of benzene rings is 3. The third-order valence-corrected chi connectivity index (χ3v) is 5.95. The van der Waals surface area contributed by atoms with E-state index in [1.54, 1.807) is 24.3 Å².